The van der Waals surface area contributed by atoms with E-state index < -0.39 is 22.1 Å². The highest BCUT2D eigenvalue weighted by Crippen LogP contribution is 2.30. The number of Topliss-reactive ketones (excluding diaryl/α,β-unsaturated/α-hetero) is 1. The Morgan fingerprint density at radius 3 is 2.15 bits per heavy atom. The molecule has 1 aliphatic carbocycles. The van der Waals surface area contributed by atoms with Gasteiger partial charge in [0.2, 0.25) is 0 Å². The molecule has 268 valence electrons. The van der Waals surface area contributed by atoms with Crippen molar-refractivity contribution in [2.45, 2.75) is 129 Å². The fourth-order valence-corrected chi connectivity index (χ4v) is 8.44. The van der Waals surface area contributed by atoms with Gasteiger partial charge in [0.15, 0.2) is 5.78 Å². The first-order valence-corrected chi connectivity index (χ1v) is 20.9. The second kappa shape index (κ2) is 19.0. The van der Waals surface area contributed by atoms with Crippen molar-refractivity contribution >= 4 is 45.0 Å². The number of hydrogen-bond acceptors (Lipinski definition) is 5. The topological polar surface area (TPSA) is 95.6 Å². The second-order valence-electron chi connectivity index (χ2n) is 15.2. The van der Waals surface area contributed by atoms with E-state index >= 15 is 0 Å². The molecule has 1 unspecified atom stereocenters. The molecule has 0 bridgehead atoms. The molecule has 2 atom stereocenters. The summed E-state index contributed by atoms with van der Waals surface area (Å²) in [6.07, 6.45) is 13.0. The summed E-state index contributed by atoms with van der Waals surface area (Å²) in [4.78, 5) is 27.0. The van der Waals surface area contributed by atoms with Gasteiger partial charge in [-0.15, -0.1) is 0 Å². The van der Waals surface area contributed by atoms with E-state index in [4.69, 9.17) is 0 Å². The standard InChI is InChI=1S/C39H61N3O4S2/c1-29(2)13-11-14-30(3)27-37(43)36(28-31-15-9-8-10-16-31)41-38(44)40-33-19-21-34(22-20-33)42(25-12-26-47-7)48(45,46)35-23-17-32(18-24-35)39(4,5)6/h17-24,29-31,36H,8-16,25-28H2,1-7H3,(H2,40,41,44)/t30?,36-/m1/s1. The Kier molecular flexibility index (Phi) is 15.8. The molecule has 0 aromatic heterocycles. The van der Waals surface area contributed by atoms with Crippen LogP contribution in [0.25, 0.3) is 0 Å². The molecule has 0 saturated heterocycles. The van der Waals surface area contributed by atoms with Crippen LogP contribution in [0.4, 0.5) is 16.2 Å². The first kappa shape index (κ1) is 39.9. The molecule has 2 N–H and O–H groups in total. The molecule has 1 aliphatic rings. The van der Waals surface area contributed by atoms with Crippen LogP contribution in [0.1, 0.15) is 118 Å². The Morgan fingerprint density at radius 1 is 0.917 bits per heavy atom. The number of carbonyl (C=O) groups excluding carboxylic acids is 2. The van der Waals surface area contributed by atoms with Gasteiger partial charge in [0.05, 0.1) is 16.6 Å². The third-order valence-electron chi connectivity index (χ3n) is 9.45. The maximum absolute atomic E-state index is 13.9. The fraction of sp³-hybridized carbons (Fsp3) is 0.641. The minimum atomic E-state index is -3.81. The molecule has 0 radical (unpaired) electrons. The highest BCUT2D eigenvalue weighted by Gasteiger charge is 2.28. The van der Waals surface area contributed by atoms with E-state index in [1.807, 2.05) is 18.4 Å². The van der Waals surface area contributed by atoms with E-state index in [1.165, 1.54) is 23.6 Å². The fourth-order valence-electron chi connectivity index (χ4n) is 6.52. The van der Waals surface area contributed by atoms with Crippen molar-refractivity contribution in [2.24, 2.45) is 17.8 Å². The number of nitrogens with zero attached hydrogens (tertiary/aromatic N) is 1. The number of carbonyl (C=O) groups is 2. The zero-order valence-corrected chi connectivity index (χ0v) is 32.2. The van der Waals surface area contributed by atoms with Crippen LogP contribution in [0.15, 0.2) is 53.4 Å². The summed E-state index contributed by atoms with van der Waals surface area (Å²) in [5, 5.41) is 5.92. The summed E-state index contributed by atoms with van der Waals surface area (Å²) in [5.74, 6) is 2.35. The highest BCUT2D eigenvalue weighted by molar-refractivity contribution is 7.98. The van der Waals surface area contributed by atoms with Gasteiger partial charge in [0.1, 0.15) is 0 Å². The van der Waals surface area contributed by atoms with E-state index in [9.17, 15) is 18.0 Å². The zero-order valence-electron chi connectivity index (χ0n) is 30.5. The maximum Gasteiger partial charge on any atom is 0.319 e. The normalized spacial score (nSPS) is 15.6. The van der Waals surface area contributed by atoms with Crippen molar-refractivity contribution in [3.05, 3.63) is 54.1 Å². The lowest BCUT2D eigenvalue weighted by Crippen LogP contribution is -2.44. The van der Waals surface area contributed by atoms with Crippen LogP contribution in [0.2, 0.25) is 0 Å². The number of benzene rings is 2. The molecular formula is C39H61N3O4S2. The van der Waals surface area contributed by atoms with Crippen LogP contribution in [-0.2, 0) is 20.2 Å². The van der Waals surface area contributed by atoms with Crippen LogP contribution in [-0.4, -0.2) is 44.8 Å². The molecule has 7 nitrogen and oxygen atoms in total. The van der Waals surface area contributed by atoms with Crippen molar-refractivity contribution in [3.8, 4) is 0 Å². The molecule has 2 amide bonds. The first-order chi connectivity index (χ1) is 22.7. The monoisotopic (exact) mass is 699 g/mol. The number of thioether (sulfide) groups is 1. The molecule has 48 heavy (non-hydrogen) atoms. The SMILES string of the molecule is CSCCCN(c1ccc(NC(=O)N[C@H](CC2CCCCC2)C(=O)CC(C)CCCC(C)C)cc1)S(=O)(=O)c1ccc(C(C)(C)C)cc1. The number of hydrogen-bond donors (Lipinski definition) is 2. The Bertz CT molecular complexity index is 1380. The number of rotatable bonds is 18. The van der Waals surface area contributed by atoms with Crippen molar-refractivity contribution in [2.75, 3.05) is 28.2 Å². The molecule has 0 aliphatic heterocycles. The largest absolute Gasteiger partial charge is 0.328 e. The van der Waals surface area contributed by atoms with Gasteiger partial charge in [-0.05, 0) is 90.0 Å². The summed E-state index contributed by atoms with van der Waals surface area (Å²) in [6, 6.07) is 13.2. The number of ketones is 1. The summed E-state index contributed by atoms with van der Waals surface area (Å²) >= 11 is 1.68. The van der Waals surface area contributed by atoms with Gasteiger partial charge >= 0.3 is 6.03 Å². The molecule has 9 heteroatoms. The molecule has 1 saturated carbocycles. The van der Waals surface area contributed by atoms with Crippen molar-refractivity contribution in [1.29, 1.82) is 0 Å². The predicted molar refractivity (Wildman–Crippen MR) is 204 cm³/mol. The van der Waals surface area contributed by atoms with Crippen LogP contribution < -0.4 is 14.9 Å². The van der Waals surface area contributed by atoms with Crippen LogP contribution in [0.5, 0.6) is 0 Å². The maximum atomic E-state index is 13.9. The molecule has 3 rings (SSSR count). The number of amides is 2. The van der Waals surface area contributed by atoms with E-state index in [0.29, 0.717) is 49.0 Å². The van der Waals surface area contributed by atoms with Gasteiger partial charge in [-0.3, -0.25) is 9.10 Å². The van der Waals surface area contributed by atoms with Crippen molar-refractivity contribution in [1.82, 2.24) is 5.32 Å². The van der Waals surface area contributed by atoms with E-state index in [-0.39, 0.29) is 22.0 Å². The molecule has 0 heterocycles. The van der Waals surface area contributed by atoms with E-state index in [0.717, 1.165) is 43.4 Å². The first-order valence-electron chi connectivity index (χ1n) is 18.0. The second-order valence-corrected chi connectivity index (χ2v) is 18.1. The minimum absolute atomic E-state index is 0.0791. The van der Waals surface area contributed by atoms with Crippen LogP contribution >= 0.6 is 11.8 Å². The zero-order chi connectivity index (χ0) is 35.3. The molecule has 0 spiro atoms. The van der Waals surface area contributed by atoms with Crippen molar-refractivity contribution in [3.63, 3.8) is 0 Å². The van der Waals surface area contributed by atoms with Gasteiger partial charge in [-0.1, -0.05) is 105 Å². The van der Waals surface area contributed by atoms with Gasteiger partial charge in [0.25, 0.3) is 10.0 Å². The molecule has 2 aromatic rings. The van der Waals surface area contributed by atoms with Gasteiger partial charge in [-0.2, -0.15) is 11.8 Å². The summed E-state index contributed by atoms with van der Waals surface area (Å²) in [5.41, 5.74) is 2.07. The third-order valence-corrected chi connectivity index (χ3v) is 12.0. The molecule has 2 aromatic carbocycles. The number of nitrogens with one attached hydrogen (secondary N) is 2. The van der Waals surface area contributed by atoms with Gasteiger partial charge in [0, 0.05) is 18.7 Å². The highest BCUT2D eigenvalue weighted by atomic mass is 32.2. The van der Waals surface area contributed by atoms with Gasteiger partial charge < -0.3 is 10.6 Å². The number of sulfonamides is 1. The Labute approximate surface area is 295 Å². The quantitative estimate of drug-likeness (QED) is 0.151. The third kappa shape index (κ3) is 12.7. The Morgan fingerprint density at radius 2 is 1.56 bits per heavy atom. The summed E-state index contributed by atoms with van der Waals surface area (Å²) in [7, 11) is -3.81. The number of urea groups is 1. The smallest absolute Gasteiger partial charge is 0.319 e. The Hall–Kier alpha value is -2.52. The summed E-state index contributed by atoms with van der Waals surface area (Å²) < 4.78 is 29.2. The van der Waals surface area contributed by atoms with Crippen LogP contribution in [0, 0.1) is 17.8 Å². The van der Waals surface area contributed by atoms with Crippen LogP contribution in [0.3, 0.4) is 0 Å². The Balaban J connectivity index is 1.72. The lowest BCUT2D eigenvalue weighted by atomic mass is 9.82. The molecule has 1 fully saturated rings. The average molecular weight is 700 g/mol. The lowest BCUT2D eigenvalue weighted by molar-refractivity contribution is -0.122. The van der Waals surface area contributed by atoms with Gasteiger partial charge in [-0.25, -0.2) is 13.2 Å². The lowest BCUT2D eigenvalue weighted by Gasteiger charge is -2.27. The van der Waals surface area contributed by atoms with E-state index in [2.05, 4.69) is 52.2 Å². The minimum Gasteiger partial charge on any atom is -0.328 e. The molecular weight excluding hydrogens is 639 g/mol. The predicted octanol–water partition coefficient (Wildman–Crippen LogP) is 9.81. The van der Waals surface area contributed by atoms with Crippen molar-refractivity contribution < 1.29 is 18.0 Å². The number of anilines is 2. The van der Waals surface area contributed by atoms with E-state index in [1.54, 1.807) is 48.2 Å². The summed E-state index contributed by atoms with van der Waals surface area (Å²) in [6.45, 7) is 13.2. The average Bonchev–Trinajstić information content (AvgIpc) is 3.03.